The number of carbonyl (C=O) groups is 3. The Morgan fingerprint density at radius 3 is 2.61 bits per heavy atom. The monoisotopic (exact) mass is 320 g/mol. The molecule has 0 aliphatic rings. The van der Waals surface area contributed by atoms with Crippen molar-refractivity contribution in [3.05, 3.63) is 23.0 Å². The van der Waals surface area contributed by atoms with Gasteiger partial charge in [0.1, 0.15) is 11.5 Å². The normalized spacial score (nSPS) is 10.3. The maximum atomic E-state index is 12.3. The van der Waals surface area contributed by atoms with Crippen molar-refractivity contribution in [3.8, 4) is 0 Å². The summed E-state index contributed by atoms with van der Waals surface area (Å²) in [5.41, 5.74) is 0.758. The standard InChI is InChI=1S/C13H16N6O4/c1-6-10(16-17-11(6)14-7(2)20)12(21)15-9-5-8(13(22)23-4)18-19(9)3/h5H,1-4H3,(H,15,21)(H2,14,16,17,20). The minimum atomic E-state index is -0.605. The highest BCUT2D eigenvalue weighted by atomic mass is 16.5. The van der Waals surface area contributed by atoms with Gasteiger partial charge in [0.05, 0.1) is 7.11 Å². The molecule has 3 N–H and O–H groups in total. The molecule has 10 nitrogen and oxygen atoms in total. The lowest BCUT2D eigenvalue weighted by molar-refractivity contribution is -0.114. The number of rotatable bonds is 4. The first kappa shape index (κ1) is 16.2. The number of anilines is 2. The van der Waals surface area contributed by atoms with Crippen molar-refractivity contribution < 1.29 is 19.1 Å². The lowest BCUT2D eigenvalue weighted by Gasteiger charge is -2.04. The highest BCUT2D eigenvalue weighted by Crippen LogP contribution is 2.17. The second-order valence-electron chi connectivity index (χ2n) is 4.74. The van der Waals surface area contributed by atoms with Crippen LogP contribution in [0.2, 0.25) is 0 Å². The Morgan fingerprint density at radius 1 is 1.30 bits per heavy atom. The highest BCUT2D eigenvalue weighted by Gasteiger charge is 2.19. The smallest absolute Gasteiger partial charge is 0.358 e. The number of nitrogens with zero attached hydrogens (tertiary/aromatic N) is 3. The number of ether oxygens (including phenoxy) is 1. The van der Waals surface area contributed by atoms with Crippen molar-refractivity contribution in [3.63, 3.8) is 0 Å². The zero-order chi connectivity index (χ0) is 17.1. The van der Waals surface area contributed by atoms with E-state index in [1.807, 2.05) is 0 Å². The number of carbonyl (C=O) groups excluding carboxylic acids is 3. The molecule has 0 aliphatic carbocycles. The predicted octanol–water partition coefficient (Wildman–Crippen LogP) is 0.449. The van der Waals surface area contributed by atoms with Gasteiger partial charge in [-0.05, 0) is 6.92 Å². The molecule has 0 spiro atoms. The Hall–Kier alpha value is -3.17. The Bertz CT molecular complexity index is 776. The maximum Gasteiger partial charge on any atom is 0.358 e. The van der Waals surface area contributed by atoms with Crippen molar-refractivity contribution >= 4 is 29.4 Å². The van der Waals surface area contributed by atoms with Crippen LogP contribution < -0.4 is 10.6 Å². The van der Waals surface area contributed by atoms with E-state index in [4.69, 9.17) is 0 Å². The Morgan fingerprint density at radius 2 is 2.00 bits per heavy atom. The zero-order valence-corrected chi connectivity index (χ0v) is 13.1. The summed E-state index contributed by atoms with van der Waals surface area (Å²) < 4.78 is 5.91. The molecule has 0 unspecified atom stereocenters. The number of aryl methyl sites for hydroxylation is 1. The van der Waals surface area contributed by atoms with E-state index in [0.29, 0.717) is 11.4 Å². The molecule has 0 radical (unpaired) electrons. The fraction of sp³-hybridized carbons (Fsp3) is 0.308. The molecular formula is C13H16N6O4. The fourth-order valence-corrected chi connectivity index (χ4v) is 1.87. The molecule has 122 valence electrons. The third-order valence-corrected chi connectivity index (χ3v) is 3.05. The number of hydrogen-bond acceptors (Lipinski definition) is 6. The quantitative estimate of drug-likeness (QED) is 0.701. The van der Waals surface area contributed by atoms with E-state index in [-0.39, 0.29) is 23.1 Å². The van der Waals surface area contributed by atoms with Crippen LogP contribution in [0.1, 0.15) is 33.5 Å². The molecule has 2 aromatic rings. The molecule has 0 atom stereocenters. The van der Waals surface area contributed by atoms with Crippen molar-refractivity contribution in [1.82, 2.24) is 20.0 Å². The van der Waals surface area contributed by atoms with Gasteiger partial charge in [-0.25, -0.2) is 4.79 Å². The van der Waals surface area contributed by atoms with Gasteiger partial charge in [0, 0.05) is 25.6 Å². The zero-order valence-electron chi connectivity index (χ0n) is 13.1. The number of amides is 2. The Balaban J connectivity index is 2.20. The number of esters is 1. The fourth-order valence-electron chi connectivity index (χ4n) is 1.87. The maximum absolute atomic E-state index is 12.3. The Labute approximate surface area is 131 Å². The second kappa shape index (κ2) is 6.30. The average molecular weight is 320 g/mol. The first-order valence-corrected chi connectivity index (χ1v) is 6.59. The lowest BCUT2D eigenvalue weighted by atomic mass is 10.2. The molecule has 0 saturated heterocycles. The number of aromatic amines is 1. The predicted molar refractivity (Wildman–Crippen MR) is 80.1 cm³/mol. The number of aromatic nitrogens is 4. The molecule has 0 aliphatic heterocycles. The third-order valence-electron chi connectivity index (χ3n) is 3.05. The number of methoxy groups -OCH3 is 1. The molecule has 2 heterocycles. The van der Waals surface area contributed by atoms with Gasteiger partial charge in [-0.1, -0.05) is 0 Å². The van der Waals surface area contributed by atoms with Gasteiger partial charge in [-0.3, -0.25) is 19.4 Å². The molecule has 2 amide bonds. The molecule has 10 heteroatoms. The first-order valence-electron chi connectivity index (χ1n) is 6.59. The SMILES string of the molecule is COC(=O)c1cc(NC(=O)c2[nH]nc(NC(C)=O)c2C)n(C)n1. The largest absolute Gasteiger partial charge is 0.464 e. The van der Waals surface area contributed by atoms with Gasteiger partial charge >= 0.3 is 5.97 Å². The molecule has 0 aromatic carbocycles. The summed E-state index contributed by atoms with van der Waals surface area (Å²) in [5.74, 6) is -0.785. The number of nitrogens with one attached hydrogen (secondary N) is 3. The Kier molecular flexibility index (Phi) is 4.44. The van der Waals surface area contributed by atoms with E-state index in [9.17, 15) is 14.4 Å². The van der Waals surface area contributed by atoms with Crippen LogP contribution in [-0.2, 0) is 16.6 Å². The first-order chi connectivity index (χ1) is 10.8. The van der Waals surface area contributed by atoms with Crippen LogP contribution in [0.3, 0.4) is 0 Å². The lowest BCUT2D eigenvalue weighted by Crippen LogP contribution is -2.16. The minimum Gasteiger partial charge on any atom is -0.464 e. The van der Waals surface area contributed by atoms with E-state index < -0.39 is 11.9 Å². The summed E-state index contributed by atoms with van der Waals surface area (Å²) in [6.45, 7) is 2.99. The van der Waals surface area contributed by atoms with Crippen LogP contribution in [0.5, 0.6) is 0 Å². The van der Waals surface area contributed by atoms with Crippen LogP contribution in [-0.4, -0.2) is 44.9 Å². The van der Waals surface area contributed by atoms with Crippen LogP contribution in [0, 0.1) is 6.92 Å². The number of hydrogen-bond donors (Lipinski definition) is 3. The molecular weight excluding hydrogens is 304 g/mol. The minimum absolute atomic E-state index is 0.0746. The molecule has 0 saturated carbocycles. The van der Waals surface area contributed by atoms with E-state index >= 15 is 0 Å². The van der Waals surface area contributed by atoms with Crippen molar-refractivity contribution in [2.75, 3.05) is 17.7 Å². The van der Waals surface area contributed by atoms with Crippen LogP contribution in [0.4, 0.5) is 11.6 Å². The highest BCUT2D eigenvalue weighted by molar-refractivity contribution is 6.05. The molecule has 23 heavy (non-hydrogen) atoms. The molecule has 2 rings (SSSR count). The van der Waals surface area contributed by atoms with Crippen LogP contribution in [0.25, 0.3) is 0 Å². The van der Waals surface area contributed by atoms with Crippen molar-refractivity contribution in [2.45, 2.75) is 13.8 Å². The van der Waals surface area contributed by atoms with Gasteiger partial charge in [-0.2, -0.15) is 10.2 Å². The van der Waals surface area contributed by atoms with E-state index in [1.54, 1.807) is 14.0 Å². The summed E-state index contributed by atoms with van der Waals surface area (Å²) in [6.07, 6.45) is 0. The van der Waals surface area contributed by atoms with Crippen LogP contribution >= 0.6 is 0 Å². The number of H-pyrrole nitrogens is 1. The van der Waals surface area contributed by atoms with Gasteiger partial charge in [0.25, 0.3) is 5.91 Å². The van der Waals surface area contributed by atoms with Gasteiger partial charge < -0.3 is 15.4 Å². The summed E-state index contributed by atoms with van der Waals surface area (Å²) in [6, 6.07) is 1.39. The van der Waals surface area contributed by atoms with E-state index in [0.717, 1.165) is 0 Å². The summed E-state index contributed by atoms with van der Waals surface area (Å²) in [4.78, 5) is 34.8. The van der Waals surface area contributed by atoms with Crippen LogP contribution in [0.15, 0.2) is 6.07 Å². The summed E-state index contributed by atoms with van der Waals surface area (Å²) in [5, 5.41) is 15.5. The third kappa shape index (κ3) is 3.36. The molecule has 0 bridgehead atoms. The van der Waals surface area contributed by atoms with Gasteiger partial charge in [0.2, 0.25) is 5.91 Å². The average Bonchev–Trinajstić information content (AvgIpc) is 3.02. The van der Waals surface area contributed by atoms with E-state index in [2.05, 4.69) is 30.7 Å². The van der Waals surface area contributed by atoms with E-state index in [1.165, 1.54) is 24.8 Å². The second-order valence-corrected chi connectivity index (χ2v) is 4.74. The molecule has 2 aromatic heterocycles. The topological polar surface area (TPSA) is 131 Å². The summed E-state index contributed by atoms with van der Waals surface area (Å²) >= 11 is 0. The van der Waals surface area contributed by atoms with Crippen molar-refractivity contribution in [1.29, 1.82) is 0 Å². The van der Waals surface area contributed by atoms with Crippen molar-refractivity contribution in [2.24, 2.45) is 7.05 Å². The molecule has 0 fully saturated rings. The van der Waals surface area contributed by atoms with Gasteiger partial charge in [0.15, 0.2) is 11.5 Å². The summed E-state index contributed by atoms with van der Waals surface area (Å²) in [7, 11) is 2.82. The van der Waals surface area contributed by atoms with Gasteiger partial charge in [-0.15, -0.1) is 0 Å².